The normalized spacial score (nSPS) is 15.4. The summed E-state index contributed by atoms with van der Waals surface area (Å²) in [5.74, 6) is -0.426. The molecule has 0 radical (unpaired) electrons. The van der Waals surface area contributed by atoms with Gasteiger partial charge in [-0.15, -0.1) is 0 Å². The van der Waals surface area contributed by atoms with Gasteiger partial charge in [-0.1, -0.05) is 54.1 Å². The van der Waals surface area contributed by atoms with E-state index in [0.717, 1.165) is 12.8 Å². The SMILES string of the molecule is O=C(CCCC(=O)OCC(Cl)=C(Cl)Cl)NC1CCCCC1. The number of halogens is 3. The number of rotatable bonds is 7. The molecule has 1 amide bonds. The Kier molecular flexibility index (Phi) is 9.13. The second kappa shape index (κ2) is 10.3. The van der Waals surface area contributed by atoms with Crippen LogP contribution in [0.2, 0.25) is 0 Å². The third-order valence-corrected chi connectivity index (χ3v) is 4.27. The molecule has 7 heteroatoms. The van der Waals surface area contributed by atoms with Crippen LogP contribution in [0.1, 0.15) is 51.4 Å². The van der Waals surface area contributed by atoms with Crippen molar-refractivity contribution >= 4 is 46.7 Å². The molecule has 1 aliphatic rings. The van der Waals surface area contributed by atoms with Crippen molar-refractivity contribution in [3.8, 4) is 0 Å². The van der Waals surface area contributed by atoms with Gasteiger partial charge >= 0.3 is 5.97 Å². The van der Waals surface area contributed by atoms with Crippen molar-refractivity contribution in [2.75, 3.05) is 6.61 Å². The summed E-state index contributed by atoms with van der Waals surface area (Å²) < 4.78 is 4.75. The number of amides is 1. The van der Waals surface area contributed by atoms with Gasteiger partial charge in [-0.2, -0.15) is 0 Å². The van der Waals surface area contributed by atoms with Crippen molar-refractivity contribution in [1.29, 1.82) is 0 Å². The number of hydrogen-bond donors (Lipinski definition) is 1. The summed E-state index contributed by atoms with van der Waals surface area (Å²) in [5, 5.41) is 3.09. The molecule has 0 bridgehead atoms. The summed E-state index contributed by atoms with van der Waals surface area (Å²) in [7, 11) is 0. The molecule has 0 atom stereocenters. The van der Waals surface area contributed by atoms with Gasteiger partial charge in [0.25, 0.3) is 0 Å². The Balaban J connectivity index is 2.10. The maximum atomic E-state index is 11.7. The summed E-state index contributed by atoms with van der Waals surface area (Å²) in [4.78, 5) is 23.1. The molecule has 1 saturated carbocycles. The molecule has 1 aliphatic carbocycles. The van der Waals surface area contributed by atoms with Gasteiger partial charge in [0, 0.05) is 18.9 Å². The number of carbonyl (C=O) groups is 2. The maximum absolute atomic E-state index is 11.7. The number of hydrogen-bond acceptors (Lipinski definition) is 3. The average Bonchev–Trinajstić information content (AvgIpc) is 2.45. The fourth-order valence-electron chi connectivity index (χ4n) is 2.21. The van der Waals surface area contributed by atoms with E-state index in [-0.39, 0.29) is 28.5 Å². The zero-order chi connectivity index (χ0) is 15.7. The highest BCUT2D eigenvalue weighted by molar-refractivity contribution is 6.59. The summed E-state index contributed by atoms with van der Waals surface area (Å²) in [6.45, 7) is -0.142. The molecular formula is C14H20Cl3NO3. The highest BCUT2D eigenvalue weighted by Gasteiger charge is 2.15. The lowest BCUT2D eigenvalue weighted by atomic mass is 9.95. The van der Waals surface area contributed by atoms with Crippen LogP contribution in [0.4, 0.5) is 0 Å². The van der Waals surface area contributed by atoms with Gasteiger partial charge in [0.2, 0.25) is 5.91 Å². The second-order valence-electron chi connectivity index (χ2n) is 5.08. The molecule has 1 rings (SSSR count). The first-order chi connectivity index (χ1) is 9.99. The molecule has 0 aliphatic heterocycles. The smallest absolute Gasteiger partial charge is 0.306 e. The third kappa shape index (κ3) is 8.54. The van der Waals surface area contributed by atoms with Crippen LogP contribution in [-0.2, 0) is 14.3 Å². The van der Waals surface area contributed by atoms with Crippen molar-refractivity contribution in [2.24, 2.45) is 0 Å². The van der Waals surface area contributed by atoms with Crippen LogP contribution in [-0.4, -0.2) is 24.5 Å². The van der Waals surface area contributed by atoms with E-state index in [1.54, 1.807) is 0 Å². The lowest BCUT2D eigenvalue weighted by molar-refractivity contribution is -0.142. The quantitative estimate of drug-likeness (QED) is 0.701. The number of nitrogens with one attached hydrogen (secondary N) is 1. The van der Waals surface area contributed by atoms with Crippen LogP contribution >= 0.6 is 34.8 Å². The lowest BCUT2D eigenvalue weighted by Gasteiger charge is -2.22. The van der Waals surface area contributed by atoms with Gasteiger partial charge in [0.15, 0.2) is 0 Å². The molecule has 0 heterocycles. The van der Waals surface area contributed by atoms with E-state index < -0.39 is 5.97 Å². The molecule has 4 nitrogen and oxygen atoms in total. The van der Waals surface area contributed by atoms with E-state index in [4.69, 9.17) is 39.5 Å². The standard InChI is InChI=1S/C14H20Cl3NO3/c15-11(14(16)17)9-21-13(20)8-4-7-12(19)18-10-5-2-1-3-6-10/h10H,1-9H2,(H,18,19). The Morgan fingerprint density at radius 2 is 1.71 bits per heavy atom. The van der Waals surface area contributed by atoms with E-state index in [9.17, 15) is 9.59 Å². The maximum Gasteiger partial charge on any atom is 0.306 e. The van der Waals surface area contributed by atoms with Crippen molar-refractivity contribution in [2.45, 2.75) is 57.4 Å². The lowest BCUT2D eigenvalue weighted by Crippen LogP contribution is -2.36. The van der Waals surface area contributed by atoms with Crippen LogP contribution in [0.15, 0.2) is 9.52 Å². The first kappa shape index (κ1) is 18.6. The predicted molar refractivity (Wildman–Crippen MR) is 84.4 cm³/mol. The fourth-order valence-corrected chi connectivity index (χ4v) is 2.37. The van der Waals surface area contributed by atoms with Gasteiger partial charge in [0.05, 0.1) is 5.03 Å². The molecular weight excluding hydrogens is 337 g/mol. The Hall–Kier alpha value is -0.450. The number of esters is 1. The van der Waals surface area contributed by atoms with Crippen molar-refractivity contribution in [3.63, 3.8) is 0 Å². The Bertz CT molecular complexity index is 389. The predicted octanol–water partition coefficient (Wildman–Crippen LogP) is 4.03. The van der Waals surface area contributed by atoms with E-state index in [1.807, 2.05) is 0 Å². The molecule has 0 spiro atoms. The van der Waals surface area contributed by atoms with Gasteiger partial charge in [-0.3, -0.25) is 9.59 Å². The molecule has 1 N–H and O–H groups in total. The average molecular weight is 357 g/mol. The first-order valence-electron chi connectivity index (χ1n) is 7.13. The Morgan fingerprint density at radius 1 is 1.05 bits per heavy atom. The van der Waals surface area contributed by atoms with Crippen LogP contribution in [0.5, 0.6) is 0 Å². The van der Waals surface area contributed by atoms with Gasteiger partial charge in [0.1, 0.15) is 11.1 Å². The highest BCUT2D eigenvalue weighted by Crippen LogP contribution is 2.18. The van der Waals surface area contributed by atoms with Gasteiger partial charge < -0.3 is 10.1 Å². The molecule has 0 aromatic rings. The Morgan fingerprint density at radius 3 is 2.33 bits per heavy atom. The van der Waals surface area contributed by atoms with E-state index in [0.29, 0.717) is 18.9 Å². The molecule has 0 unspecified atom stereocenters. The first-order valence-corrected chi connectivity index (χ1v) is 8.27. The summed E-state index contributed by atoms with van der Waals surface area (Å²) in [6.07, 6.45) is 6.65. The van der Waals surface area contributed by atoms with Gasteiger partial charge in [-0.25, -0.2) is 0 Å². The minimum Gasteiger partial charge on any atom is -0.460 e. The van der Waals surface area contributed by atoms with Crippen molar-refractivity contribution in [3.05, 3.63) is 9.52 Å². The molecule has 0 saturated heterocycles. The molecule has 1 fully saturated rings. The molecule has 0 aromatic carbocycles. The minimum absolute atomic E-state index is 0.00330. The summed E-state index contributed by atoms with van der Waals surface area (Å²) in [6, 6.07) is 0.299. The summed E-state index contributed by atoms with van der Waals surface area (Å²) >= 11 is 16.5. The van der Waals surface area contributed by atoms with E-state index >= 15 is 0 Å². The van der Waals surface area contributed by atoms with Crippen LogP contribution in [0, 0.1) is 0 Å². The van der Waals surface area contributed by atoms with Crippen molar-refractivity contribution < 1.29 is 14.3 Å². The largest absolute Gasteiger partial charge is 0.460 e. The fraction of sp³-hybridized carbons (Fsp3) is 0.714. The molecule has 21 heavy (non-hydrogen) atoms. The highest BCUT2D eigenvalue weighted by atomic mass is 35.5. The van der Waals surface area contributed by atoms with Crippen LogP contribution in [0.3, 0.4) is 0 Å². The number of ether oxygens (including phenoxy) is 1. The van der Waals surface area contributed by atoms with Gasteiger partial charge in [-0.05, 0) is 19.3 Å². The van der Waals surface area contributed by atoms with Crippen molar-refractivity contribution in [1.82, 2.24) is 5.32 Å². The second-order valence-corrected chi connectivity index (χ2v) is 6.49. The van der Waals surface area contributed by atoms with E-state index in [1.165, 1.54) is 19.3 Å². The zero-order valence-electron chi connectivity index (χ0n) is 11.8. The third-order valence-electron chi connectivity index (χ3n) is 3.32. The molecule has 120 valence electrons. The van der Waals surface area contributed by atoms with Crippen LogP contribution < -0.4 is 5.32 Å². The monoisotopic (exact) mass is 355 g/mol. The summed E-state index contributed by atoms with van der Waals surface area (Å²) in [5.41, 5.74) is 0. The number of carbonyl (C=O) groups excluding carboxylic acids is 2. The van der Waals surface area contributed by atoms with Crippen LogP contribution in [0.25, 0.3) is 0 Å². The van der Waals surface area contributed by atoms with E-state index in [2.05, 4.69) is 5.32 Å². The topological polar surface area (TPSA) is 55.4 Å². The minimum atomic E-state index is -0.423. The zero-order valence-corrected chi connectivity index (χ0v) is 14.1. The Labute approximate surface area is 140 Å². The molecule has 0 aromatic heterocycles.